The van der Waals surface area contributed by atoms with Crippen LogP contribution in [0, 0.1) is 11.8 Å². The van der Waals surface area contributed by atoms with Crippen LogP contribution in [0.3, 0.4) is 0 Å². The van der Waals surface area contributed by atoms with Crippen LogP contribution < -0.4 is 20.7 Å². The minimum Gasteiger partial charge on any atom is -0.487 e. The third kappa shape index (κ3) is 8.47. The van der Waals surface area contributed by atoms with Crippen molar-refractivity contribution in [2.45, 2.75) is 91.5 Å². The van der Waals surface area contributed by atoms with Crippen LogP contribution >= 0.6 is 0 Å². The van der Waals surface area contributed by atoms with Crippen molar-refractivity contribution in [2.24, 2.45) is 11.8 Å². The van der Waals surface area contributed by atoms with Gasteiger partial charge in [0.25, 0.3) is 0 Å². The van der Waals surface area contributed by atoms with Crippen molar-refractivity contribution in [1.82, 2.24) is 25.8 Å². The summed E-state index contributed by atoms with van der Waals surface area (Å²) in [4.78, 5) is 45.5. The number of aromatic nitrogens is 1. The number of hydrogen-bond acceptors (Lipinski definition) is 6. The van der Waals surface area contributed by atoms with Crippen LogP contribution in [-0.2, 0) is 20.8 Å². The van der Waals surface area contributed by atoms with Crippen molar-refractivity contribution in [3.63, 3.8) is 0 Å². The summed E-state index contributed by atoms with van der Waals surface area (Å²) in [6.45, 7) is 12.7. The largest absolute Gasteiger partial charge is 0.487 e. The van der Waals surface area contributed by atoms with E-state index in [-0.39, 0.29) is 35.7 Å². The first-order valence-corrected chi connectivity index (χ1v) is 13.2. The van der Waals surface area contributed by atoms with E-state index in [4.69, 9.17) is 4.74 Å². The van der Waals surface area contributed by atoms with E-state index in [1.54, 1.807) is 20.2 Å². The fourth-order valence-electron chi connectivity index (χ4n) is 4.21. The molecule has 9 nitrogen and oxygen atoms in total. The Hall–Kier alpha value is -2.68. The van der Waals surface area contributed by atoms with Gasteiger partial charge in [0.05, 0.1) is 11.7 Å². The second-order valence-corrected chi connectivity index (χ2v) is 10.4. The molecule has 3 amide bonds. The number of hydrogen-bond donors (Lipinski definition) is 3. The molecule has 0 spiro atoms. The smallest absolute Gasteiger partial charge is 0.243 e. The van der Waals surface area contributed by atoms with Crippen LogP contribution in [0.1, 0.15) is 66.5 Å². The maximum Gasteiger partial charge on any atom is 0.243 e. The van der Waals surface area contributed by atoms with Crippen molar-refractivity contribution in [3.05, 3.63) is 24.0 Å². The molecule has 2 rings (SSSR count). The summed E-state index contributed by atoms with van der Waals surface area (Å²) >= 11 is 0. The van der Waals surface area contributed by atoms with Crippen molar-refractivity contribution in [2.75, 3.05) is 20.1 Å². The summed E-state index contributed by atoms with van der Waals surface area (Å²) in [7, 11) is 1.64. The Bertz CT molecular complexity index is 877. The molecule has 1 aromatic rings. The average molecular weight is 504 g/mol. The van der Waals surface area contributed by atoms with Gasteiger partial charge < -0.3 is 25.6 Å². The van der Waals surface area contributed by atoms with E-state index in [1.807, 2.05) is 46.8 Å². The zero-order valence-corrected chi connectivity index (χ0v) is 23.0. The summed E-state index contributed by atoms with van der Waals surface area (Å²) < 4.78 is 6.18. The van der Waals surface area contributed by atoms with Crippen LogP contribution in [0.25, 0.3) is 0 Å². The number of pyridine rings is 1. The van der Waals surface area contributed by atoms with Crippen LogP contribution in [0.4, 0.5) is 0 Å². The topological polar surface area (TPSA) is 113 Å². The molecule has 2 unspecified atom stereocenters. The number of nitrogens with one attached hydrogen (secondary N) is 3. The van der Waals surface area contributed by atoms with Crippen molar-refractivity contribution < 1.29 is 19.1 Å². The molecule has 0 saturated heterocycles. The van der Waals surface area contributed by atoms with Gasteiger partial charge in [-0.3, -0.25) is 19.4 Å². The number of rotatable bonds is 4. The quantitative estimate of drug-likeness (QED) is 0.581. The fraction of sp³-hybridized carbons (Fsp3) is 0.704. The van der Waals surface area contributed by atoms with Gasteiger partial charge in [-0.25, -0.2) is 0 Å². The van der Waals surface area contributed by atoms with Crippen LogP contribution in [0.2, 0.25) is 0 Å². The number of amides is 3. The maximum atomic E-state index is 13.5. The number of carbonyl (C=O) groups is 3. The van der Waals surface area contributed by atoms with E-state index in [2.05, 4.69) is 20.9 Å². The number of nitrogens with zero attached hydrogens (tertiary/aromatic N) is 2. The van der Waals surface area contributed by atoms with Gasteiger partial charge in [-0.15, -0.1) is 0 Å². The van der Waals surface area contributed by atoms with E-state index in [1.165, 1.54) is 4.90 Å². The van der Waals surface area contributed by atoms with Gasteiger partial charge >= 0.3 is 0 Å². The molecule has 1 aliphatic rings. The average Bonchev–Trinajstić information content (AvgIpc) is 2.84. The molecule has 0 fully saturated rings. The standard InChI is InChI=1S/C27H45N5O4/c1-8-18(4)24-27(35)32(7)20(6)25(33)31-22(15-17(2)3)26(34)29-14-9-11-21-23(12-10-13-28-21)36-19(5)16-30-24/h10,12-13,17-20,22,24,30H,8-9,11,14-16H2,1-7H3,(H,29,34)(H,31,33)/t18?,19-,20-,22?,24+/m1/s1. The van der Waals surface area contributed by atoms with Gasteiger partial charge in [0.1, 0.15) is 23.9 Å². The molecule has 0 bridgehead atoms. The molecule has 0 aliphatic carbocycles. The first kappa shape index (κ1) is 29.5. The molecule has 0 saturated carbocycles. The minimum absolute atomic E-state index is 0.0569. The van der Waals surface area contributed by atoms with Crippen molar-refractivity contribution in [3.8, 4) is 5.75 Å². The Morgan fingerprint density at radius 2 is 1.89 bits per heavy atom. The lowest BCUT2D eigenvalue weighted by atomic mass is 9.97. The highest BCUT2D eigenvalue weighted by atomic mass is 16.5. The van der Waals surface area contributed by atoms with E-state index in [0.717, 1.165) is 12.1 Å². The Labute approximate surface area is 216 Å². The lowest BCUT2D eigenvalue weighted by Crippen LogP contribution is -2.57. The molecule has 0 radical (unpaired) electrons. The second kappa shape index (κ2) is 14.2. The lowest BCUT2D eigenvalue weighted by Gasteiger charge is -2.33. The van der Waals surface area contributed by atoms with Crippen LogP contribution in [-0.4, -0.2) is 72.0 Å². The van der Waals surface area contributed by atoms with Gasteiger partial charge in [0.2, 0.25) is 17.7 Å². The Morgan fingerprint density at radius 1 is 1.17 bits per heavy atom. The zero-order chi connectivity index (χ0) is 26.8. The molecule has 3 N–H and O–H groups in total. The molecular formula is C27H45N5O4. The van der Waals surface area contributed by atoms with Gasteiger partial charge in [-0.05, 0) is 57.1 Å². The summed E-state index contributed by atoms with van der Waals surface area (Å²) in [5.41, 5.74) is 0.829. The highest BCUT2D eigenvalue weighted by Crippen LogP contribution is 2.19. The molecule has 1 aliphatic heterocycles. The summed E-state index contributed by atoms with van der Waals surface area (Å²) in [6.07, 6.45) is 4.18. The number of likely N-dealkylation sites (N-methyl/N-ethyl adjacent to an activating group) is 1. The monoisotopic (exact) mass is 503 g/mol. The Kier molecular flexibility index (Phi) is 11.6. The molecule has 5 atom stereocenters. The summed E-state index contributed by atoms with van der Waals surface area (Å²) in [6, 6.07) is 1.88. The Balaban J connectivity index is 2.33. The SMILES string of the molecule is CCC(C)[C@@H]1NC[C@@H](C)Oc2cccnc2CCCNC(=O)C(CC(C)C)NC(=O)[C@@H](C)N(C)C1=O. The van der Waals surface area contributed by atoms with Crippen LogP contribution in [0.15, 0.2) is 18.3 Å². The number of ether oxygens (including phenoxy) is 1. The third-order valence-corrected chi connectivity index (χ3v) is 6.82. The normalized spacial score (nSPS) is 26.2. The first-order chi connectivity index (χ1) is 17.0. The molecule has 0 aromatic carbocycles. The highest BCUT2D eigenvalue weighted by Gasteiger charge is 2.33. The molecule has 202 valence electrons. The van der Waals surface area contributed by atoms with Crippen molar-refractivity contribution in [1.29, 1.82) is 0 Å². The number of carbonyl (C=O) groups excluding carboxylic acids is 3. The second-order valence-electron chi connectivity index (χ2n) is 10.4. The predicted octanol–water partition coefficient (Wildman–Crippen LogP) is 2.29. The number of fused-ring (bicyclic) bond motifs is 1. The van der Waals surface area contributed by atoms with Gasteiger partial charge in [0.15, 0.2) is 0 Å². The summed E-state index contributed by atoms with van der Waals surface area (Å²) in [5.74, 6) is 0.257. The highest BCUT2D eigenvalue weighted by molar-refractivity contribution is 5.92. The van der Waals surface area contributed by atoms with E-state index < -0.39 is 18.1 Å². The summed E-state index contributed by atoms with van der Waals surface area (Å²) in [5, 5.41) is 9.22. The number of aryl methyl sites for hydroxylation is 1. The lowest BCUT2D eigenvalue weighted by molar-refractivity contribution is -0.141. The maximum absolute atomic E-state index is 13.5. The predicted molar refractivity (Wildman–Crippen MR) is 141 cm³/mol. The van der Waals surface area contributed by atoms with Gasteiger partial charge in [0, 0.05) is 26.3 Å². The zero-order valence-electron chi connectivity index (χ0n) is 23.0. The molecular weight excluding hydrogens is 458 g/mol. The fourth-order valence-corrected chi connectivity index (χ4v) is 4.21. The van der Waals surface area contributed by atoms with Crippen LogP contribution in [0.5, 0.6) is 5.75 Å². The van der Waals surface area contributed by atoms with Gasteiger partial charge in [-0.1, -0.05) is 34.1 Å². The minimum atomic E-state index is -0.723. The molecule has 2 heterocycles. The van der Waals surface area contributed by atoms with E-state index in [0.29, 0.717) is 38.1 Å². The third-order valence-electron chi connectivity index (χ3n) is 6.82. The van der Waals surface area contributed by atoms with Crippen molar-refractivity contribution >= 4 is 17.7 Å². The molecule has 9 heteroatoms. The van der Waals surface area contributed by atoms with E-state index in [9.17, 15) is 14.4 Å². The first-order valence-electron chi connectivity index (χ1n) is 13.2. The molecule has 36 heavy (non-hydrogen) atoms. The van der Waals surface area contributed by atoms with E-state index >= 15 is 0 Å². The Morgan fingerprint density at radius 3 is 2.56 bits per heavy atom. The molecule has 1 aromatic heterocycles. The van der Waals surface area contributed by atoms with Gasteiger partial charge in [-0.2, -0.15) is 0 Å².